The van der Waals surface area contributed by atoms with Crippen LogP contribution >= 0.6 is 23.2 Å². The molecule has 0 N–H and O–H groups in total. The van der Waals surface area contributed by atoms with Crippen molar-refractivity contribution in [3.63, 3.8) is 0 Å². The highest BCUT2D eigenvalue weighted by atomic mass is 35.5. The number of alkyl halides is 2. The summed E-state index contributed by atoms with van der Waals surface area (Å²) in [5.74, 6) is -0.211. The minimum absolute atomic E-state index is 0. The fraction of sp³-hybridized carbons (Fsp3) is 0.800. The van der Waals surface area contributed by atoms with Gasteiger partial charge < -0.3 is 4.74 Å². The molecule has 5 heteroatoms. The number of rotatable bonds is 1. The number of ether oxygens (including phenoxy) is 1. The Labute approximate surface area is 71.2 Å². The van der Waals surface area contributed by atoms with E-state index < -0.39 is 0 Å². The van der Waals surface area contributed by atoms with Crippen molar-refractivity contribution in [1.29, 1.82) is 0 Å². The lowest BCUT2D eigenvalue weighted by Gasteiger charge is -1.89. The highest BCUT2D eigenvalue weighted by molar-refractivity contribution is 6.40. The van der Waals surface area contributed by atoms with E-state index in [0.29, 0.717) is 6.61 Å². The fourth-order valence-electron chi connectivity index (χ4n) is 0.203. The van der Waals surface area contributed by atoms with E-state index in [2.05, 4.69) is 4.74 Å². The molecule has 0 aromatic carbocycles. The van der Waals surface area contributed by atoms with Gasteiger partial charge in [0.05, 0.1) is 11.9 Å². The highest BCUT2D eigenvalue weighted by Gasteiger charge is 1.81. The van der Waals surface area contributed by atoms with E-state index in [4.69, 9.17) is 23.2 Å². The number of halogens is 2. The van der Waals surface area contributed by atoms with E-state index in [1.165, 1.54) is 6.92 Å². The van der Waals surface area contributed by atoms with Crippen molar-refractivity contribution in [1.82, 2.24) is 6.15 Å². The number of nitrogens with zero attached hydrogens (tertiary/aromatic N) is 1. The molecule has 0 aliphatic heterocycles. The second-order valence-corrected chi connectivity index (χ2v) is 1.83. The van der Waals surface area contributed by atoms with Crippen molar-refractivity contribution >= 4 is 29.2 Å². The number of carbonyl (C=O) groups excluding carboxylic acids is 1. The van der Waals surface area contributed by atoms with Crippen LogP contribution in [0.15, 0.2) is 0 Å². The van der Waals surface area contributed by atoms with Gasteiger partial charge in [0.2, 0.25) is 0 Å². The number of carbonyl (C=O) groups is 1. The van der Waals surface area contributed by atoms with Crippen molar-refractivity contribution in [3.05, 3.63) is 0 Å². The maximum atomic E-state index is 9.82. The zero-order valence-corrected chi connectivity index (χ0v) is 7.45. The second kappa shape index (κ2) is 16.0. The van der Waals surface area contributed by atoms with Gasteiger partial charge in [0.25, 0.3) is 0 Å². The van der Waals surface area contributed by atoms with Crippen molar-refractivity contribution in [2.75, 3.05) is 11.9 Å². The third kappa shape index (κ3) is 43.4. The van der Waals surface area contributed by atoms with Crippen molar-refractivity contribution in [3.8, 4) is 0 Å². The molecule has 0 aromatic heterocycles. The summed E-state index contributed by atoms with van der Waals surface area (Å²) in [5, 5.41) is 0.194. The smallest absolute Gasteiger partial charge is 0.302 e. The van der Waals surface area contributed by atoms with Crippen LogP contribution in [0.5, 0.6) is 0 Å². The Morgan fingerprint density at radius 3 is 1.80 bits per heavy atom. The molecule has 3 radical (unpaired) electrons. The number of hydrogen-bond acceptors (Lipinski definition) is 2. The number of hydrogen-bond donors (Lipinski definition) is 0. The Morgan fingerprint density at radius 2 is 1.80 bits per heavy atom. The van der Waals surface area contributed by atoms with Crippen LogP contribution in [0.25, 0.3) is 0 Å². The van der Waals surface area contributed by atoms with Gasteiger partial charge in [0, 0.05) is 13.1 Å². The SMILES string of the molecule is CCOC(C)=O.ClCCl.[N]. The summed E-state index contributed by atoms with van der Waals surface area (Å²) in [4.78, 5) is 9.82. The Kier molecular flexibility index (Phi) is 26.5. The van der Waals surface area contributed by atoms with Gasteiger partial charge in [-0.3, -0.25) is 4.79 Å². The van der Waals surface area contributed by atoms with E-state index >= 15 is 0 Å². The van der Waals surface area contributed by atoms with Gasteiger partial charge >= 0.3 is 5.97 Å². The first kappa shape index (κ1) is 16.5. The van der Waals surface area contributed by atoms with Gasteiger partial charge in [-0.25, -0.2) is 0 Å². The zero-order valence-electron chi connectivity index (χ0n) is 5.93. The molecular weight excluding hydrogens is 177 g/mol. The molecule has 61 valence electrons. The van der Waals surface area contributed by atoms with Gasteiger partial charge in [-0.2, -0.15) is 0 Å². The molecule has 0 heterocycles. The molecule has 0 bridgehead atoms. The summed E-state index contributed by atoms with van der Waals surface area (Å²) in [7, 11) is 0. The summed E-state index contributed by atoms with van der Waals surface area (Å²) >= 11 is 9.53. The van der Waals surface area contributed by atoms with E-state index in [-0.39, 0.29) is 17.5 Å². The molecule has 0 rings (SSSR count). The maximum Gasteiger partial charge on any atom is 0.302 e. The molecule has 0 amide bonds. The molecule has 3 nitrogen and oxygen atoms in total. The van der Waals surface area contributed by atoms with Crippen molar-refractivity contribution in [2.24, 2.45) is 0 Å². The largest absolute Gasteiger partial charge is 0.466 e. The van der Waals surface area contributed by atoms with Crippen LogP contribution in [-0.2, 0) is 9.53 Å². The Bertz CT molecular complexity index is 70.7. The van der Waals surface area contributed by atoms with Gasteiger partial charge in [-0.15, -0.1) is 23.2 Å². The van der Waals surface area contributed by atoms with E-state index in [1.54, 1.807) is 6.92 Å². The summed E-state index contributed by atoms with van der Waals surface area (Å²) in [6, 6.07) is 0. The van der Waals surface area contributed by atoms with E-state index in [1.807, 2.05) is 0 Å². The predicted molar refractivity (Wildman–Crippen MR) is 41.0 cm³/mol. The van der Waals surface area contributed by atoms with Gasteiger partial charge in [0.15, 0.2) is 0 Å². The molecule has 0 aliphatic carbocycles. The van der Waals surface area contributed by atoms with E-state index in [0.717, 1.165) is 0 Å². The van der Waals surface area contributed by atoms with Gasteiger partial charge in [0.1, 0.15) is 0 Å². The fourth-order valence-corrected chi connectivity index (χ4v) is 0.203. The van der Waals surface area contributed by atoms with Crippen LogP contribution in [0.4, 0.5) is 0 Å². The Morgan fingerprint density at radius 1 is 1.50 bits per heavy atom. The third-order valence-corrected chi connectivity index (χ3v) is 0.348. The molecule has 0 aliphatic rings. The normalized spacial score (nSPS) is 6.40. The molecule has 0 spiro atoms. The summed E-state index contributed by atoms with van der Waals surface area (Å²) in [5.41, 5.74) is 0. The average Bonchev–Trinajstić information content (AvgIpc) is 1.67. The molecule has 0 atom stereocenters. The first-order chi connectivity index (χ1) is 4.18. The monoisotopic (exact) mass is 186 g/mol. The molecule has 0 saturated carbocycles. The van der Waals surface area contributed by atoms with Crippen molar-refractivity contribution in [2.45, 2.75) is 13.8 Å². The maximum absolute atomic E-state index is 9.82. The average molecular weight is 187 g/mol. The predicted octanol–water partition coefficient (Wildman–Crippen LogP) is 1.51. The van der Waals surface area contributed by atoms with Crippen LogP contribution in [0.1, 0.15) is 13.8 Å². The minimum atomic E-state index is -0.211. The Hall–Kier alpha value is 0.01000. The lowest BCUT2D eigenvalue weighted by molar-refractivity contribution is -0.140. The van der Waals surface area contributed by atoms with Gasteiger partial charge in [-0.1, -0.05) is 0 Å². The number of esters is 1. The van der Waals surface area contributed by atoms with Crippen molar-refractivity contribution < 1.29 is 9.53 Å². The summed E-state index contributed by atoms with van der Waals surface area (Å²) in [6.45, 7) is 3.65. The van der Waals surface area contributed by atoms with Crippen LogP contribution in [0, 0.1) is 0 Å². The standard InChI is InChI=1S/C4H8O2.CH2Cl2.N/c1-3-6-4(2)5;2-1-3;/h3H2,1-2H3;1H2;. The van der Waals surface area contributed by atoms with Crippen LogP contribution in [0.3, 0.4) is 0 Å². The second-order valence-electron chi connectivity index (χ2n) is 1.03. The van der Waals surface area contributed by atoms with Crippen LogP contribution in [0.2, 0.25) is 0 Å². The summed E-state index contributed by atoms with van der Waals surface area (Å²) < 4.78 is 4.40. The Balaban J connectivity index is -0.000000107. The molecule has 10 heavy (non-hydrogen) atoms. The molecule has 0 aromatic rings. The van der Waals surface area contributed by atoms with Crippen LogP contribution < -0.4 is 6.15 Å². The molecule has 0 fully saturated rings. The first-order valence-electron chi connectivity index (χ1n) is 2.44. The summed E-state index contributed by atoms with van der Waals surface area (Å²) in [6.07, 6.45) is 0. The lowest BCUT2D eigenvalue weighted by Crippen LogP contribution is -1.95. The van der Waals surface area contributed by atoms with Crippen LogP contribution in [-0.4, -0.2) is 17.9 Å². The minimum Gasteiger partial charge on any atom is -0.466 e. The topological polar surface area (TPSA) is 56.8 Å². The van der Waals surface area contributed by atoms with Gasteiger partial charge in [-0.05, 0) is 6.92 Å². The highest BCUT2D eigenvalue weighted by Crippen LogP contribution is 1.73. The molecule has 0 saturated heterocycles. The quantitative estimate of drug-likeness (QED) is 0.461. The van der Waals surface area contributed by atoms with E-state index in [9.17, 15) is 4.79 Å². The molecular formula is C5H10Cl2NO2. The lowest BCUT2D eigenvalue weighted by atomic mass is 10.8. The first-order valence-corrected chi connectivity index (χ1v) is 3.51. The zero-order chi connectivity index (χ0) is 7.70. The molecule has 0 unspecified atom stereocenters. The third-order valence-electron chi connectivity index (χ3n) is 0.348.